The molecule has 0 amide bonds. The summed E-state index contributed by atoms with van der Waals surface area (Å²) in [5.41, 5.74) is 9.85. The molecule has 0 saturated heterocycles. The second-order valence-electron chi connectivity index (χ2n) is 11.1. The first-order chi connectivity index (χ1) is 17.9. The maximum Gasteiger partial charge on any atom is 0.231 e. The number of benzene rings is 1. The topological polar surface area (TPSA) is 95.3 Å². The van der Waals surface area contributed by atoms with Gasteiger partial charge in [0.25, 0.3) is 0 Å². The van der Waals surface area contributed by atoms with Gasteiger partial charge in [-0.1, -0.05) is 24.5 Å². The van der Waals surface area contributed by atoms with Crippen molar-refractivity contribution < 1.29 is 19.8 Å². The zero-order chi connectivity index (χ0) is 25.8. The molecule has 1 aromatic carbocycles. The third kappa shape index (κ3) is 3.87. The van der Waals surface area contributed by atoms with E-state index >= 15 is 0 Å². The molecule has 1 aromatic rings. The van der Waals surface area contributed by atoms with E-state index in [1.807, 2.05) is 18.5 Å². The molecular formula is C29H33N3O4S. The Morgan fingerprint density at radius 2 is 2.03 bits per heavy atom. The highest BCUT2D eigenvalue weighted by Crippen LogP contribution is 2.66. The molecule has 8 heteroatoms. The second kappa shape index (κ2) is 9.16. The molecule has 7 nitrogen and oxygen atoms in total. The van der Waals surface area contributed by atoms with Crippen molar-refractivity contribution in [2.75, 3.05) is 6.79 Å². The van der Waals surface area contributed by atoms with Gasteiger partial charge in [0.15, 0.2) is 11.5 Å². The van der Waals surface area contributed by atoms with Gasteiger partial charge in [-0.25, -0.2) is 5.48 Å². The predicted octanol–water partition coefficient (Wildman–Crippen LogP) is 4.71. The lowest BCUT2D eigenvalue weighted by Gasteiger charge is -2.53. The zero-order valence-electron chi connectivity index (χ0n) is 21.3. The van der Waals surface area contributed by atoms with Gasteiger partial charge in [-0.15, -0.1) is 5.92 Å². The average Bonchev–Trinajstić information content (AvgIpc) is 3.48. The minimum absolute atomic E-state index is 0.0806. The van der Waals surface area contributed by atoms with Crippen LogP contribution in [0, 0.1) is 29.1 Å². The van der Waals surface area contributed by atoms with Crippen molar-refractivity contribution >= 4 is 23.0 Å². The largest absolute Gasteiger partial charge is 0.454 e. The van der Waals surface area contributed by atoms with Crippen molar-refractivity contribution in [3.63, 3.8) is 0 Å². The number of thiocarbonyl (C=S) groups is 1. The number of hydroxylamine groups is 1. The number of fused-ring (bicyclic) bond motifs is 5. The van der Waals surface area contributed by atoms with Crippen molar-refractivity contribution in [1.82, 2.24) is 10.9 Å². The smallest absolute Gasteiger partial charge is 0.231 e. The van der Waals surface area contributed by atoms with Gasteiger partial charge in [-0.3, -0.25) is 10.6 Å². The molecule has 4 aliphatic carbocycles. The summed E-state index contributed by atoms with van der Waals surface area (Å²) in [6.07, 6.45) is 8.53. The van der Waals surface area contributed by atoms with Crippen LogP contribution < -0.4 is 20.4 Å². The van der Waals surface area contributed by atoms with Crippen LogP contribution >= 0.6 is 12.2 Å². The minimum Gasteiger partial charge on any atom is -0.454 e. The van der Waals surface area contributed by atoms with Crippen LogP contribution in [0.2, 0.25) is 0 Å². The maximum absolute atomic E-state index is 11.8. The summed E-state index contributed by atoms with van der Waals surface area (Å²) >= 11 is 4.95. The summed E-state index contributed by atoms with van der Waals surface area (Å²) in [6.45, 7) is 4.36. The lowest BCUT2D eigenvalue weighted by Crippen LogP contribution is -2.51. The van der Waals surface area contributed by atoms with Crippen LogP contribution in [0.3, 0.4) is 0 Å². The zero-order valence-corrected chi connectivity index (χ0v) is 22.1. The first kappa shape index (κ1) is 24.5. The first-order valence-corrected chi connectivity index (χ1v) is 13.5. The number of hydrogen-bond acceptors (Lipinski definition) is 6. The number of aliphatic hydroxyl groups is 1. The molecule has 0 aromatic heterocycles. The van der Waals surface area contributed by atoms with Gasteiger partial charge in [-0.2, -0.15) is 5.10 Å². The Hall–Kier alpha value is -2.86. The van der Waals surface area contributed by atoms with E-state index in [1.165, 1.54) is 22.3 Å². The van der Waals surface area contributed by atoms with Crippen LogP contribution in [0.5, 0.6) is 11.5 Å². The molecule has 1 aliphatic heterocycles. The summed E-state index contributed by atoms with van der Waals surface area (Å²) in [4.78, 5) is 0. The molecular weight excluding hydrogens is 486 g/mol. The number of nitrogens with zero attached hydrogens (tertiary/aromatic N) is 1. The van der Waals surface area contributed by atoms with E-state index in [0.29, 0.717) is 11.8 Å². The molecule has 1 heterocycles. The number of hydrazone groups is 1. The molecule has 0 spiro atoms. The second-order valence-corrected chi connectivity index (χ2v) is 11.5. The monoisotopic (exact) mass is 519 g/mol. The van der Waals surface area contributed by atoms with Crippen LogP contribution in [0.25, 0.3) is 0 Å². The Morgan fingerprint density at radius 3 is 2.84 bits per heavy atom. The molecule has 2 fully saturated rings. The van der Waals surface area contributed by atoms with E-state index in [0.717, 1.165) is 62.2 Å². The van der Waals surface area contributed by atoms with Gasteiger partial charge in [-0.05, 0) is 111 Å². The number of allylic oxidation sites excluding steroid dienone is 4. The number of rotatable bonds is 2. The SMILES string of the molecule is CC#C[C@]1(O)CC[C@H]2[C@@H]3CCC4=C/C(=N/NC(=S)NO)CCC4=C3[C@@H](c3ccc4c(c3)OCO4)C[C@@]21C. The third-order valence-corrected chi connectivity index (χ3v) is 9.62. The van der Waals surface area contributed by atoms with Gasteiger partial charge < -0.3 is 14.6 Å². The molecule has 6 rings (SSSR count). The Balaban J connectivity index is 1.46. The van der Waals surface area contributed by atoms with Crippen LogP contribution in [0.1, 0.15) is 70.3 Å². The number of ether oxygens (including phenoxy) is 2. The molecule has 0 radical (unpaired) electrons. The minimum atomic E-state index is -0.968. The van der Waals surface area contributed by atoms with Gasteiger partial charge in [0.2, 0.25) is 11.9 Å². The van der Waals surface area contributed by atoms with Gasteiger partial charge in [0.1, 0.15) is 5.60 Å². The van der Waals surface area contributed by atoms with Crippen molar-refractivity contribution in [2.24, 2.45) is 22.4 Å². The van der Waals surface area contributed by atoms with Crippen LogP contribution in [-0.4, -0.2) is 33.5 Å². The molecule has 5 aliphatic rings. The molecule has 0 bridgehead atoms. The highest BCUT2D eigenvalue weighted by molar-refractivity contribution is 7.80. The van der Waals surface area contributed by atoms with E-state index in [9.17, 15) is 5.11 Å². The number of hydrogen-bond donors (Lipinski definition) is 4. The average molecular weight is 520 g/mol. The van der Waals surface area contributed by atoms with E-state index < -0.39 is 5.60 Å². The summed E-state index contributed by atoms with van der Waals surface area (Å²) in [5, 5.41) is 25.3. The van der Waals surface area contributed by atoms with E-state index in [1.54, 1.807) is 0 Å². The van der Waals surface area contributed by atoms with Crippen LogP contribution in [-0.2, 0) is 0 Å². The van der Waals surface area contributed by atoms with Gasteiger partial charge >= 0.3 is 0 Å². The molecule has 194 valence electrons. The predicted molar refractivity (Wildman–Crippen MR) is 144 cm³/mol. The highest BCUT2D eigenvalue weighted by Gasteiger charge is 2.62. The highest BCUT2D eigenvalue weighted by atomic mass is 32.1. The first-order valence-electron chi connectivity index (χ1n) is 13.1. The van der Waals surface area contributed by atoms with Crippen molar-refractivity contribution in [2.45, 2.75) is 70.3 Å². The van der Waals surface area contributed by atoms with E-state index in [4.69, 9.17) is 26.9 Å². The Morgan fingerprint density at radius 1 is 1.19 bits per heavy atom. The van der Waals surface area contributed by atoms with Gasteiger partial charge in [0.05, 0.1) is 5.71 Å². The number of nitrogens with one attached hydrogen (secondary N) is 2. The molecule has 0 unspecified atom stereocenters. The van der Waals surface area contributed by atoms with Crippen LogP contribution in [0.4, 0.5) is 0 Å². The van der Waals surface area contributed by atoms with Crippen LogP contribution in [0.15, 0.2) is 46.1 Å². The lowest BCUT2D eigenvalue weighted by atomic mass is 9.51. The summed E-state index contributed by atoms with van der Waals surface area (Å²) in [7, 11) is 0. The maximum atomic E-state index is 11.8. The van der Waals surface area contributed by atoms with Crippen molar-refractivity contribution in [3.8, 4) is 23.3 Å². The quantitative estimate of drug-likeness (QED) is 0.255. The normalized spacial score (nSPS) is 34.5. The molecule has 5 atom stereocenters. The van der Waals surface area contributed by atoms with E-state index in [2.05, 4.69) is 47.5 Å². The summed E-state index contributed by atoms with van der Waals surface area (Å²) in [6, 6.07) is 6.34. The Kier molecular flexibility index (Phi) is 6.06. The molecule has 2 saturated carbocycles. The standard InChI is InChI=1S/C29H33N3O4S/c1-3-11-29(33)12-10-23-21-7-4-17-13-19(30-31-27(37)32-34)6-8-20(17)26(21)22(15-28(23,29)2)18-5-9-24-25(14-18)36-16-35-24/h5,9,13-14,21-23,33-34H,4,6-8,10,12,15-16H2,1-2H3,(H2,31,32,37)/b30-19+/t21-,22+,23-,28-,29-/m0/s1. The fourth-order valence-corrected chi connectivity index (χ4v) is 7.80. The van der Waals surface area contributed by atoms with Crippen molar-refractivity contribution in [3.05, 3.63) is 46.6 Å². The third-order valence-electron chi connectivity index (χ3n) is 9.44. The molecule has 37 heavy (non-hydrogen) atoms. The Labute approximate surface area is 223 Å². The fourth-order valence-electron chi connectivity index (χ4n) is 7.75. The fraction of sp³-hybridized carbons (Fsp3) is 0.517. The van der Waals surface area contributed by atoms with Crippen molar-refractivity contribution in [1.29, 1.82) is 0 Å². The summed E-state index contributed by atoms with van der Waals surface area (Å²) in [5.74, 6) is 8.85. The van der Waals surface area contributed by atoms with E-state index in [-0.39, 0.29) is 23.2 Å². The Bertz CT molecular complexity index is 1310. The molecule has 4 N–H and O–H groups in total. The summed E-state index contributed by atoms with van der Waals surface area (Å²) < 4.78 is 11.4. The lowest BCUT2D eigenvalue weighted by molar-refractivity contribution is -0.0513. The van der Waals surface area contributed by atoms with Gasteiger partial charge in [0, 0.05) is 11.3 Å².